The number of Topliss-reactive ketones (excluding diaryl/α,β-unsaturated/α-hetero) is 1. The maximum atomic E-state index is 13.5. The van der Waals surface area contributed by atoms with E-state index in [4.69, 9.17) is 14.2 Å². The van der Waals surface area contributed by atoms with Crippen LogP contribution in [0.15, 0.2) is 66.2 Å². The van der Waals surface area contributed by atoms with Crippen LogP contribution < -0.4 is 9.47 Å². The van der Waals surface area contributed by atoms with Gasteiger partial charge in [-0.3, -0.25) is 14.5 Å². The average molecular weight is 501 g/mol. The van der Waals surface area contributed by atoms with E-state index >= 15 is 0 Å². The summed E-state index contributed by atoms with van der Waals surface area (Å²) in [6.07, 6.45) is 0. The van der Waals surface area contributed by atoms with Gasteiger partial charge in [0.15, 0.2) is 11.5 Å². The zero-order valence-electron chi connectivity index (χ0n) is 20.4. The van der Waals surface area contributed by atoms with Gasteiger partial charge < -0.3 is 24.2 Å². The van der Waals surface area contributed by atoms with Crippen molar-refractivity contribution in [3.8, 4) is 11.5 Å². The Hall–Kier alpha value is -3.88. The third-order valence-electron chi connectivity index (χ3n) is 7.23. The molecule has 3 heterocycles. The molecule has 2 saturated heterocycles. The minimum absolute atomic E-state index is 0.0833. The fourth-order valence-corrected chi connectivity index (χ4v) is 5.34. The Labute approximate surface area is 214 Å². The summed E-state index contributed by atoms with van der Waals surface area (Å²) in [6.45, 7) is 4.68. The van der Waals surface area contributed by atoms with Crippen LogP contribution in [0.1, 0.15) is 17.2 Å². The Kier molecular flexibility index (Phi) is 6.28. The Bertz CT molecular complexity index is 1390. The minimum atomic E-state index is -0.722. The second kappa shape index (κ2) is 9.88. The summed E-state index contributed by atoms with van der Waals surface area (Å²) in [5.41, 5.74) is 1.29. The lowest BCUT2D eigenvalue weighted by Gasteiger charge is -2.31. The summed E-state index contributed by atoms with van der Waals surface area (Å²) in [4.78, 5) is 30.7. The van der Waals surface area contributed by atoms with Gasteiger partial charge in [-0.25, -0.2) is 0 Å². The lowest BCUT2D eigenvalue weighted by atomic mass is 9.91. The highest BCUT2D eigenvalue weighted by Crippen LogP contribution is 2.43. The van der Waals surface area contributed by atoms with Gasteiger partial charge in [-0.1, -0.05) is 42.5 Å². The van der Waals surface area contributed by atoms with Crippen molar-refractivity contribution in [1.82, 2.24) is 9.80 Å². The van der Waals surface area contributed by atoms with Crippen molar-refractivity contribution in [2.45, 2.75) is 6.04 Å². The molecule has 8 nitrogen and oxygen atoms in total. The molecule has 0 bridgehead atoms. The molecule has 0 saturated carbocycles. The SMILES string of the molecule is O=C1C(=O)N(CCN2CCOCC2)[C@@H](c2cccc3ccccc23)C1=C(O)c1ccc2c(c1)OCCO2. The molecule has 0 radical (unpaired) electrons. The molecule has 0 unspecified atom stereocenters. The summed E-state index contributed by atoms with van der Waals surface area (Å²) in [7, 11) is 0. The van der Waals surface area contributed by atoms with Crippen LogP contribution in [0.4, 0.5) is 0 Å². The van der Waals surface area contributed by atoms with Crippen molar-refractivity contribution >= 4 is 28.2 Å². The third kappa shape index (κ3) is 4.32. The van der Waals surface area contributed by atoms with E-state index in [1.165, 1.54) is 0 Å². The maximum Gasteiger partial charge on any atom is 0.295 e. The molecule has 0 aromatic heterocycles. The number of amides is 1. The first kappa shape index (κ1) is 23.5. The molecule has 1 N–H and O–H groups in total. The smallest absolute Gasteiger partial charge is 0.295 e. The van der Waals surface area contributed by atoms with Crippen molar-refractivity contribution in [1.29, 1.82) is 0 Å². The molecule has 3 aromatic carbocycles. The van der Waals surface area contributed by atoms with Gasteiger partial charge in [0.05, 0.1) is 24.8 Å². The number of hydrogen-bond donors (Lipinski definition) is 1. The third-order valence-corrected chi connectivity index (χ3v) is 7.23. The summed E-state index contributed by atoms with van der Waals surface area (Å²) in [6, 6.07) is 18.1. The number of carbonyl (C=O) groups excluding carboxylic acids is 2. The number of ether oxygens (including phenoxy) is 3. The van der Waals surface area contributed by atoms with Crippen LogP contribution in [0.2, 0.25) is 0 Å². The predicted octanol–water partition coefficient (Wildman–Crippen LogP) is 3.36. The van der Waals surface area contributed by atoms with E-state index in [0.29, 0.717) is 56.6 Å². The predicted molar refractivity (Wildman–Crippen MR) is 138 cm³/mol. The summed E-state index contributed by atoms with van der Waals surface area (Å²) < 4.78 is 16.7. The minimum Gasteiger partial charge on any atom is -0.507 e. The van der Waals surface area contributed by atoms with Crippen molar-refractivity contribution in [2.24, 2.45) is 0 Å². The number of aliphatic hydroxyl groups is 1. The van der Waals surface area contributed by atoms with Crippen LogP contribution in [0, 0.1) is 0 Å². The molecule has 1 amide bonds. The molecule has 0 spiro atoms. The second-order valence-corrected chi connectivity index (χ2v) is 9.37. The summed E-state index contributed by atoms with van der Waals surface area (Å²) >= 11 is 0. The van der Waals surface area contributed by atoms with E-state index < -0.39 is 17.7 Å². The van der Waals surface area contributed by atoms with E-state index in [-0.39, 0.29) is 11.3 Å². The zero-order valence-corrected chi connectivity index (χ0v) is 20.4. The number of ketones is 1. The summed E-state index contributed by atoms with van der Waals surface area (Å²) in [5.74, 6) is -0.433. The van der Waals surface area contributed by atoms with Crippen LogP contribution in [-0.2, 0) is 14.3 Å². The zero-order chi connectivity index (χ0) is 25.4. The molecule has 6 rings (SSSR count). The molecule has 0 aliphatic carbocycles. The highest BCUT2D eigenvalue weighted by atomic mass is 16.6. The van der Waals surface area contributed by atoms with Crippen molar-refractivity contribution in [3.63, 3.8) is 0 Å². The van der Waals surface area contributed by atoms with E-state index in [0.717, 1.165) is 29.4 Å². The van der Waals surface area contributed by atoms with Gasteiger partial charge in [-0.15, -0.1) is 0 Å². The first-order valence-corrected chi connectivity index (χ1v) is 12.6. The van der Waals surface area contributed by atoms with Crippen molar-refractivity contribution in [2.75, 3.05) is 52.6 Å². The van der Waals surface area contributed by atoms with Gasteiger partial charge in [0, 0.05) is 31.7 Å². The van der Waals surface area contributed by atoms with E-state index in [1.54, 1.807) is 23.1 Å². The first-order valence-electron chi connectivity index (χ1n) is 12.6. The number of aliphatic hydroxyl groups excluding tert-OH is 1. The normalized spacial score (nSPS) is 21.5. The van der Waals surface area contributed by atoms with Gasteiger partial charge in [0.2, 0.25) is 0 Å². The van der Waals surface area contributed by atoms with Gasteiger partial charge >= 0.3 is 0 Å². The number of likely N-dealkylation sites (tertiary alicyclic amines) is 1. The Morgan fingerprint density at radius 2 is 1.62 bits per heavy atom. The number of carbonyl (C=O) groups is 2. The van der Waals surface area contributed by atoms with E-state index in [2.05, 4.69) is 4.90 Å². The van der Waals surface area contributed by atoms with Crippen molar-refractivity contribution in [3.05, 3.63) is 77.4 Å². The molecule has 190 valence electrons. The topological polar surface area (TPSA) is 88.5 Å². The van der Waals surface area contributed by atoms with Crippen LogP contribution in [0.5, 0.6) is 11.5 Å². The standard InChI is InChI=1S/C29H28N2O6/c32-27(20-8-9-23-24(18-20)37-17-16-36-23)25-26(22-7-3-5-19-4-1-2-6-21(19)22)31(29(34)28(25)33)11-10-30-12-14-35-15-13-30/h1-9,18,26,32H,10-17H2/t26-/m0/s1. The maximum absolute atomic E-state index is 13.5. The van der Waals surface area contributed by atoms with Gasteiger partial charge in [-0.05, 0) is 34.5 Å². The lowest BCUT2D eigenvalue weighted by Crippen LogP contribution is -2.42. The quantitative estimate of drug-likeness (QED) is 0.327. The van der Waals surface area contributed by atoms with E-state index in [1.807, 2.05) is 42.5 Å². The van der Waals surface area contributed by atoms with Crippen molar-refractivity contribution < 1.29 is 28.9 Å². The molecule has 2 fully saturated rings. The van der Waals surface area contributed by atoms with Gasteiger partial charge in [0.1, 0.15) is 19.0 Å². The summed E-state index contributed by atoms with van der Waals surface area (Å²) in [5, 5.41) is 13.4. The number of nitrogens with zero attached hydrogens (tertiary/aromatic N) is 2. The fourth-order valence-electron chi connectivity index (χ4n) is 5.34. The number of morpholine rings is 1. The average Bonchev–Trinajstić information content (AvgIpc) is 3.20. The Morgan fingerprint density at radius 3 is 2.46 bits per heavy atom. The van der Waals surface area contributed by atoms with Crippen LogP contribution in [0.25, 0.3) is 16.5 Å². The Balaban J connectivity index is 1.46. The first-order chi connectivity index (χ1) is 18.1. The van der Waals surface area contributed by atoms with Crippen LogP contribution in [0.3, 0.4) is 0 Å². The molecule has 37 heavy (non-hydrogen) atoms. The largest absolute Gasteiger partial charge is 0.507 e. The monoisotopic (exact) mass is 500 g/mol. The van der Waals surface area contributed by atoms with Crippen LogP contribution in [-0.4, -0.2) is 79.2 Å². The van der Waals surface area contributed by atoms with E-state index in [9.17, 15) is 14.7 Å². The molecule has 3 aromatic rings. The molecular formula is C29H28N2O6. The number of fused-ring (bicyclic) bond motifs is 2. The Morgan fingerprint density at radius 1 is 0.865 bits per heavy atom. The molecule has 8 heteroatoms. The molecule has 3 aliphatic heterocycles. The number of rotatable bonds is 5. The van der Waals surface area contributed by atoms with Crippen LogP contribution >= 0.6 is 0 Å². The number of benzene rings is 3. The highest BCUT2D eigenvalue weighted by molar-refractivity contribution is 6.46. The molecule has 3 aliphatic rings. The van der Waals surface area contributed by atoms with Gasteiger partial charge in [0.25, 0.3) is 11.7 Å². The highest BCUT2D eigenvalue weighted by Gasteiger charge is 2.46. The molecular weight excluding hydrogens is 472 g/mol. The number of hydrogen-bond acceptors (Lipinski definition) is 7. The molecule has 1 atom stereocenters. The lowest BCUT2D eigenvalue weighted by molar-refractivity contribution is -0.140. The van der Waals surface area contributed by atoms with Gasteiger partial charge in [-0.2, -0.15) is 0 Å². The fraction of sp³-hybridized carbons (Fsp3) is 0.310. The second-order valence-electron chi connectivity index (χ2n) is 9.37.